The Morgan fingerprint density at radius 3 is 1.44 bits per heavy atom. The molecule has 6 nitrogen and oxygen atoms in total. The molecule has 0 radical (unpaired) electrons. The maximum atomic E-state index is 5.47. The van der Waals surface area contributed by atoms with E-state index in [9.17, 15) is 0 Å². The second kappa shape index (κ2) is 20.0. The van der Waals surface area contributed by atoms with Crippen LogP contribution in [0.4, 0.5) is 0 Å². The van der Waals surface area contributed by atoms with Gasteiger partial charge in [0.25, 0.3) is 0 Å². The molecule has 0 aliphatic rings. The van der Waals surface area contributed by atoms with Gasteiger partial charge in [-0.3, -0.25) is 0 Å². The van der Waals surface area contributed by atoms with Crippen molar-refractivity contribution in [2.45, 2.75) is 38.8 Å². The van der Waals surface area contributed by atoms with Crippen LogP contribution in [-0.4, -0.2) is 52.4 Å². The van der Waals surface area contributed by atoms with Crippen molar-refractivity contribution in [3.8, 4) is 0 Å². The zero-order chi connectivity index (χ0) is 18.7. The number of benzene rings is 1. The largest absolute Gasteiger partial charge is 0.330 e. The lowest BCUT2D eigenvalue weighted by molar-refractivity contribution is 0.583. The summed E-state index contributed by atoms with van der Waals surface area (Å²) in [5, 5.41) is 13.8. The quantitative estimate of drug-likeness (QED) is 0.205. The van der Waals surface area contributed by atoms with Crippen molar-refractivity contribution in [3.63, 3.8) is 0 Å². The molecule has 27 heavy (non-hydrogen) atoms. The summed E-state index contributed by atoms with van der Waals surface area (Å²) in [4.78, 5) is 0. The van der Waals surface area contributed by atoms with Crippen LogP contribution in [0.25, 0.3) is 0 Å². The molecule has 1 rings (SSSR count). The van der Waals surface area contributed by atoms with Gasteiger partial charge in [-0.25, -0.2) is 0 Å². The number of hydrogen-bond donors (Lipinski definition) is 6. The van der Waals surface area contributed by atoms with Crippen LogP contribution in [-0.2, 0) is 13.1 Å². The van der Waals surface area contributed by atoms with E-state index in [0.29, 0.717) is 0 Å². The predicted octanol–water partition coefficient (Wildman–Crippen LogP) is 0.945. The summed E-state index contributed by atoms with van der Waals surface area (Å²) in [6.07, 6.45) is 4.40. The first kappa shape index (κ1) is 26.3. The summed E-state index contributed by atoms with van der Waals surface area (Å²) in [5.41, 5.74) is 13.6. The van der Waals surface area contributed by atoms with E-state index in [-0.39, 0.29) is 12.4 Å². The second-order valence-electron chi connectivity index (χ2n) is 6.67. The van der Waals surface area contributed by atoms with Gasteiger partial charge in [0.05, 0.1) is 0 Å². The van der Waals surface area contributed by atoms with Gasteiger partial charge in [-0.15, -0.1) is 12.4 Å². The molecule has 8 N–H and O–H groups in total. The minimum atomic E-state index is 0. The lowest BCUT2D eigenvalue weighted by atomic mass is 10.1. The van der Waals surface area contributed by atoms with Crippen molar-refractivity contribution >= 4 is 12.4 Å². The standard InChI is InChI=1S/C20H40N6.ClH/c21-8-2-10-23-12-4-14-25-17-19-6-1-7-20(16-19)18-26-15-5-13-24-11-3-9-22;/h1,6-7,16,23-26H,2-5,8-15,17-18,21-22H2;1H. The first-order valence-corrected chi connectivity index (χ1v) is 10.2. The highest BCUT2D eigenvalue weighted by Crippen LogP contribution is 2.05. The highest BCUT2D eigenvalue weighted by atomic mass is 35.5. The number of rotatable bonds is 18. The molecule has 0 heterocycles. The highest BCUT2D eigenvalue weighted by molar-refractivity contribution is 5.85. The Labute approximate surface area is 172 Å². The molecule has 0 fully saturated rings. The summed E-state index contributed by atoms with van der Waals surface area (Å²) < 4.78 is 0. The van der Waals surface area contributed by atoms with Gasteiger partial charge in [-0.05, 0) is 89.2 Å². The zero-order valence-corrected chi connectivity index (χ0v) is 17.6. The third kappa shape index (κ3) is 16.0. The third-order valence-electron chi connectivity index (χ3n) is 4.18. The van der Waals surface area contributed by atoms with Gasteiger partial charge < -0.3 is 32.7 Å². The summed E-state index contributed by atoms with van der Waals surface area (Å²) >= 11 is 0. The molecule has 0 aromatic heterocycles. The minimum absolute atomic E-state index is 0. The van der Waals surface area contributed by atoms with Crippen LogP contribution in [0.3, 0.4) is 0 Å². The van der Waals surface area contributed by atoms with E-state index < -0.39 is 0 Å². The Morgan fingerprint density at radius 2 is 1.00 bits per heavy atom. The first-order valence-electron chi connectivity index (χ1n) is 10.2. The lowest BCUT2D eigenvalue weighted by Gasteiger charge is -2.09. The Kier molecular flexibility index (Phi) is 19.5. The van der Waals surface area contributed by atoms with E-state index >= 15 is 0 Å². The van der Waals surface area contributed by atoms with Gasteiger partial charge in [0.2, 0.25) is 0 Å². The molecule has 1 aromatic carbocycles. The highest BCUT2D eigenvalue weighted by Gasteiger charge is 1.97. The van der Waals surface area contributed by atoms with Crippen molar-refractivity contribution in [1.29, 1.82) is 0 Å². The zero-order valence-electron chi connectivity index (χ0n) is 16.8. The molecule has 0 aliphatic heterocycles. The van der Waals surface area contributed by atoms with Gasteiger partial charge in [-0.1, -0.05) is 24.3 Å². The summed E-state index contributed by atoms with van der Waals surface area (Å²) in [6, 6.07) is 8.82. The van der Waals surface area contributed by atoms with E-state index in [1.165, 1.54) is 11.1 Å². The van der Waals surface area contributed by atoms with E-state index in [1.54, 1.807) is 0 Å². The lowest BCUT2D eigenvalue weighted by Crippen LogP contribution is -2.24. The molecular weight excluding hydrogens is 360 g/mol. The molecule has 0 atom stereocenters. The number of nitrogens with one attached hydrogen (secondary N) is 4. The van der Waals surface area contributed by atoms with Crippen LogP contribution in [0.2, 0.25) is 0 Å². The van der Waals surface area contributed by atoms with E-state index in [0.717, 1.165) is 91.1 Å². The van der Waals surface area contributed by atoms with E-state index in [4.69, 9.17) is 11.5 Å². The Hall–Kier alpha value is -0.730. The average molecular weight is 401 g/mol. The van der Waals surface area contributed by atoms with Gasteiger partial charge in [-0.2, -0.15) is 0 Å². The van der Waals surface area contributed by atoms with E-state index in [1.807, 2.05) is 0 Å². The third-order valence-corrected chi connectivity index (χ3v) is 4.18. The average Bonchev–Trinajstić information content (AvgIpc) is 2.66. The summed E-state index contributed by atoms with van der Waals surface area (Å²) in [5.74, 6) is 0. The SMILES string of the molecule is Cl.NCCCNCCCNCc1cccc(CNCCCNCCCN)c1. The molecule has 0 bridgehead atoms. The molecule has 0 saturated heterocycles. The monoisotopic (exact) mass is 400 g/mol. The molecular formula is C20H41ClN6. The molecule has 0 unspecified atom stereocenters. The van der Waals surface area contributed by atoms with Crippen LogP contribution in [0.1, 0.15) is 36.8 Å². The molecule has 0 amide bonds. The van der Waals surface area contributed by atoms with Crippen molar-refractivity contribution < 1.29 is 0 Å². The molecule has 0 spiro atoms. The maximum absolute atomic E-state index is 5.47. The van der Waals surface area contributed by atoms with Gasteiger partial charge in [0.1, 0.15) is 0 Å². The fourth-order valence-corrected chi connectivity index (χ4v) is 2.70. The van der Waals surface area contributed by atoms with Gasteiger partial charge in [0.15, 0.2) is 0 Å². The smallest absolute Gasteiger partial charge is 0.0205 e. The topological polar surface area (TPSA) is 100 Å². The molecule has 7 heteroatoms. The number of halogens is 1. The van der Waals surface area contributed by atoms with Crippen molar-refractivity contribution in [3.05, 3.63) is 35.4 Å². The van der Waals surface area contributed by atoms with Gasteiger partial charge in [0, 0.05) is 13.1 Å². The van der Waals surface area contributed by atoms with Crippen LogP contribution in [0, 0.1) is 0 Å². The molecule has 158 valence electrons. The van der Waals surface area contributed by atoms with Crippen molar-refractivity contribution in [1.82, 2.24) is 21.3 Å². The van der Waals surface area contributed by atoms with Crippen LogP contribution >= 0.6 is 12.4 Å². The first-order chi connectivity index (χ1) is 12.9. The summed E-state index contributed by atoms with van der Waals surface area (Å²) in [6.45, 7) is 9.62. The normalized spacial score (nSPS) is 10.7. The number of hydrogen-bond acceptors (Lipinski definition) is 6. The van der Waals surface area contributed by atoms with Crippen molar-refractivity contribution in [2.24, 2.45) is 11.5 Å². The fourth-order valence-electron chi connectivity index (χ4n) is 2.70. The molecule has 0 aliphatic carbocycles. The number of nitrogens with two attached hydrogens (primary N) is 2. The molecule has 0 saturated carbocycles. The van der Waals surface area contributed by atoms with E-state index in [2.05, 4.69) is 45.5 Å². The Morgan fingerprint density at radius 1 is 0.593 bits per heavy atom. The van der Waals surface area contributed by atoms with Crippen LogP contribution in [0.5, 0.6) is 0 Å². The van der Waals surface area contributed by atoms with Crippen LogP contribution in [0.15, 0.2) is 24.3 Å². The van der Waals surface area contributed by atoms with Crippen molar-refractivity contribution in [2.75, 3.05) is 52.4 Å². The molecule has 1 aromatic rings. The Bertz CT molecular complexity index is 397. The fraction of sp³-hybridized carbons (Fsp3) is 0.700. The second-order valence-corrected chi connectivity index (χ2v) is 6.67. The maximum Gasteiger partial charge on any atom is 0.0205 e. The summed E-state index contributed by atoms with van der Waals surface area (Å²) in [7, 11) is 0. The predicted molar refractivity (Wildman–Crippen MR) is 119 cm³/mol. The minimum Gasteiger partial charge on any atom is -0.330 e. The van der Waals surface area contributed by atoms with Gasteiger partial charge >= 0.3 is 0 Å². The van der Waals surface area contributed by atoms with Crippen LogP contribution < -0.4 is 32.7 Å². The Balaban J connectivity index is 0.00000676.